The number of piperidine rings is 1. The Morgan fingerprint density at radius 2 is 2.12 bits per heavy atom. The van der Waals surface area contributed by atoms with E-state index in [1.165, 1.54) is 0 Å². The highest BCUT2D eigenvalue weighted by Crippen LogP contribution is 2.26. The average molecular weight is 361 g/mol. The lowest BCUT2D eigenvalue weighted by Crippen LogP contribution is -2.40. The molecular formula is C18H21ClN4O2. The molecule has 1 fully saturated rings. The van der Waals surface area contributed by atoms with Crippen LogP contribution in [0.4, 0.5) is 4.79 Å². The van der Waals surface area contributed by atoms with Gasteiger partial charge in [-0.15, -0.1) is 0 Å². The van der Waals surface area contributed by atoms with Gasteiger partial charge in [0.25, 0.3) is 0 Å². The zero-order valence-corrected chi connectivity index (χ0v) is 14.7. The van der Waals surface area contributed by atoms with Gasteiger partial charge < -0.3 is 15.4 Å². The minimum Gasteiger partial charge on any atom is -0.445 e. The molecule has 6 nitrogen and oxygen atoms in total. The third kappa shape index (κ3) is 4.82. The molecule has 1 atom stereocenters. The van der Waals surface area contributed by atoms with Crippen LogP contribution in [-0.4, -0.2) is 35.2 Å². The van der Waals surface area contributed by atoms with E-state index in [-0.39, 0.29) is 24.6 Å². The van der Waals surface area contributed by atoms with Crippen molar-refractivity contribution in [2.75, 3.05) is 13.1 Å². The number of hydrogen-bond acceptors (Lipinski definition) is 5. The summed E-state index contributed by atoms with van der Waals surface area (Å²) in [5.41, 5.74) is 7.58. The lowest BCUT2D eigenvalue weighted by atomic mass is 9.94. The maximum Gasteiger partial charge on any atom is 0.410 e. The highest BCUT2D eigenvalue weighted by atomic mass is 35.5. The molecule has 7 heteroatoms. The molecule has 0 saturated carbocycles. The van der Waals surface area contributed by atoms with Crippen molar-refractivity contribution in [1.82, 2.24) is 4.90 Å². The van der Waals surface area contributed by atoms with Gasteiger partial charge in [0.1, 0.15) is 11.8 Å². The van der Waals surface area contributed by atoms with E-state index in [0.29, 0.717) is 24.7 Å². The van der Waals surface area contributed by atoms with Crippen LogP contribution in [0.3, 0.4) is 0 Å². The van der Waals surface area contributed by atoms with E-state index < -0.39 is 0 Å². The van der Waals surface area contributed by atoms with Crippen molar-refractivity contribution >= 4 is 28.8 Å². The Hall–Kier alpha value is -2.34. The molecule has 25 heavy (non-hydrogen) atoms. The fourth-order valence-corrected chi connectivity index (χ4v) is 3.18. The zero-order chi connectivity index (χ0) is 17.6. The summed E-state index contributed by atoms with van der Waals surface area (Å²) >= 11 is 5.96. The van der Waals surface area contributed by atoms with Crippen molar-refractivity contribution in [2.24, 2.45) is 21.6 Å². The normalized spacial score (nSPS) is 20.9. The number of rotatable bonds is 3. The Morgan fingerprint density at radius 3 is 2.92 bits per heavy atom. The highest BCUT2D eigenvalue weighted by molar-refractivity contribution is 6.66. The summed E-state index contributed by atoms with van der Waals surface area (Å²) in [7, 11) is 0. The smallest absolute Gasteiger partial charge is 0.410 e. The number of likely N-dealkylation sites (tertiary alicyclic amines) is 1. The first-order valence-corrected chi connectivity index (χ1v) is 8.72. The van der Waals surface area contributed by atoms with Crippen LogP contribution in [0.2, 0.25) is 0 Å². The first-order chi connectivity index (χ1) is 12.1. The van der Waals surface area contributed by atoms with Gasteiger partial charge in [0.15, 0.2) is 0 Å². The molecule has 0 spiro atoms. The summed E-state index contributed by atoms with van der Waals surface area (Å²) in [5, 5.41) is 0.422. The van der Waals surface area contributed by atoms with Crippen LogP contribution in [0.1, 0.15) is 24.8 Å². The van der Waals surface area contributed by atoms with E-state index in [1.54, 1.807) is 4.90 Å². The molecule has 1 amide bonds. The molecule has 2 heterocycles. The zero-order valence-electron chi connectivity index (χ0n) is 13.9. The highest BCUT2D eigenvalue weighted by Gasteiger charge is 2.27. The predicted octanol–water partition coefficient (Wildman–Crippen LogP) is 3.27. The van der Waals surface area contributed by atoms with Gasteiger partial charge in [-0.25, -0.2) is 14.8 Å². The Bertz CT molecular complexity index is 715. The lowest BCUT2D eigenvalue weighted by molar-refractivity contribution is 0.0825. The SMILES string of the molecule is NC1=NC(C2CCCN(C(=O)OCc3ccccc3)C2)=CCC(Cl)=N1. The summed E-state index contributed by atoms with van der Waals surface area (Å²) in [6.45, 7) is 1.53. The first-order valence-electron chi connectivity index (χ1n) is 8.34. The number of guanidine groups is 1. The van der Waals surface area contributed by atoms with E-state index in [4.69, 9.17) is 22.1 Å². The quantitative estimate of drug-likeness (QED) is 0.898. The Morgan fingerprint density at radius 1 is 1.32 bits per heavy atom. The Labute approximate surface area is 152 Å². The van der Waals surface area contributed by atoms with Gasteiger partial charge in [0.2, 0.25) is 5.96 Å². The molecule has 132 valence electrons. The van der Waals surface area contributed by atoms with Crippen LogP contribution in [0.15, 0.2) is 52.1 Å². The molecule has 3 rings (SSSR count). The molecule has 0 radical (unpaired) electrons. The van der Waals surface area contributed by atoms with Crippen LogP contribution in [0.25, 0.3) is 0 Å². The van der Waals surface area contributed by atoms with Gasteiger partial charge >= 0.3 is 6.09 Å². The second-order valence-electron chi connectivity index (χ2n) is 6.12. The van der Waals surface area contributed by atoms with E-state index in [9.17, 15) is 4.79 Å². The van der Waals surface area contributed by atoms with Gasteiger partial charge in [-0.3, -0.25) is 0 Å². The standard InChI is InChI=1S/C18H21ClN4O2/c19-16-9-8-15(21-17(20)22-16)14-7-4-10-23(11-14)18(24)25-12-13-5-2-1-3-6-13/h1-3,5-6,8,14H,4,7,9-12H2,(H2,20,21). The molecule has 1 saturated heterocycles. The molecule has 0 bridgehead atoms. The molecule has 1 unspecified atom stereocenters. The predicted molar refractivity (Wildman–Crippen MR) is 98.5 cm³/mol. The maximum atomic E-state index is 12.4. The lowest BCUT2D eigenvalue weighted by Gasteiger charge is -2.32. The van der Waals surface area contributed by atoms with Gasteiger partial charge in [-0.1, -0.05) is 48.0 Å². The number of allylic oxidation sites excluding steroid dienone is 1. The number of benzene rings is 1. The Balaban J connectivity index is 1.59. The number of hydrogen-bond donors (Lipinski definition) is 1. The number of nitrogens with two attached hydrogens (primary N) is 1. The maximum absolute atomic E-state index is 12.4. The average Bonchev–Trinajstić information content (AvgIpc) is 2.81. The topological polar surface area (TPSA) is 80.3 Å². The molecule has 1 aromatic rings. The number of halogens is 1. The van der Waals surface area contributed by atoms with Crippen molar-refractivity contribution in [1.29, 1.82) is 0 Å². The van der Waals surface area contributed by atoms with Crippen LogP contribution < -0.4 is 5.73 Å². The van der Waals surface area contributed by atoms with Gasteiger partial charge in [0.05, 0.1) is 0 Å². The number of ether oxygens (including phenoxy) is 1. The molecule has 0 aromatic heterocycles. The van der Waals surface area contributed by atoms with Crippen LogP contribution in [-0.2, 0) is 11.3 Å². The van der Waals surface area contributed by atoms with Crippen LogP contribution >= 0.6 is 11.6 Å². The molecule has 2 N–H and O–H groups in total. The second kappa shape index (κ2) is 8.16. The van der Waals surface area contributed by atoms with Crippen molar-refractivity contribution in [3.05, 3.63) is 47.7 Å². The molecule has 2 aliphatic rings. The number of carbonyl (C=O) groups is 1. The molecule has 2 aliphatic heterocycles. The van der Waals surface area contributed by atoms with E-state index >= 15 is 0 Å². The fourth-order valence-electron chi connectivity index (χ4n) is 3.01. The van der Waals surface area contributed by atoms with Crippen LogP contribution in [0.5, 0.6) is 0 Å². The fraction of sp³-hybridized carbons (Fsp3) is 0.389. The minimum absolute atomic E-state index is 0.120. The number of carbonyl (C=O) groups excluding carboxylic acids is 1. The van der Waals surface area contributed by atoms with Crippen molar-refractivity contribution in [3.8, 4) is 0 Å². The van der Waals surface area contributed by atoms with E-state index in [1.807, 2.05) is 36.4 Å². The first kappa shape index (κ1) is 17.5. The minimum atomic E-state index is -0.297. The number of aliphatic imine (C=N–C) groups is 2. The summed E-state index contributed by atoms with van der Waals surface area (Å²) < 4.78 is 5.43. The van der Waals surface area contributed by atoms with Gasteiger partial charge in [-0.05, 0) is 18.4 Å². The Kier molecular flexibility index (Phi) is 5.71. The van der Waals surface area contributed by atoms with Gasteiger partial charge in [-0.2, -0.15) is 0 Å². The largest absolute Gasteiger partial charge is 0.445 e. The van der Waals surface area contributed by atoms with E-state index in [0.717, 1.165) is 24.1 Å². The number of nitrogens with zero attached hydrogens (tertiary/aromatic N) is 3. The molecule has 0 aliphatic carbocycles. The van der Waals surface area contributed by atoms with Crippen LogP contribution in [0, 0.1) is 5.92 Å². The van der Waals surface area contributed by atoms with Gasteiger partial charge in [0, 0.05) is 31.1 Å². The summed E-state index contributed by atoms with van der Waals surface area (Å²) in [4.78, 5) is 22.4. The summed E-state index contributed by atoms with van der Waals surface area (Å²) in [6, 6.07) is 9.65. The third-order valence-electron chi connectivity index (χ3n) is 4.26. The third-order valence-corrected chi connectivity index (χ3v) is 4.50. The monoisotopic (exact) mass is 360 g/mol. The molecular weight excluding hydrogens is 340 g/mol. The van der Waals surface area contributed by atoms with Crippen molar-refractivity contribution in [2.45, 2.75) is 25.9 Å². The van der Waals surface area contributed by atoms with Crippen molar-refractivity contribution in [3.63, 3.8) is 0 Å². The molecule has 1 aromatic carbocycles. The summed E-state index contributed by atoms with van der Waals surface area (Å²) in [5.74, 6) is 0.284. The summed E-state index contributed by atoms with van der Waals surface area (Å²) in [6.07, 6.45) is 3.99. The number of amides is 1. The van der Waals surface area contributed by atoms with E-state index in [2.05, 4.69) is 9.98 Å². The second-order valence-corrected chi connectivity index (χ2v) is 6.55. The van der Waals surface area contributed by atoms with Crippen molar-refractivity contribution < 1.29 is 9.53 Å².